The van der Waals surface area contributed by atoms with Crippen molar-refractivity contribution in [2.24, 2.45) is 5.73 Å². The lowest BCUT2D eigenvalue weighted by Crippen LogP contribution is -2.30. The highest BCUT2D eigenvalue weighted by molar-refractivity contribution is 7.80. The third-order valence-corrected chi connectivity index (χ3v) is 3.61. The first kappa shape index (κ1) is 12.3. The molecule has 17 heavy (non-hydrogen) atoms. The van der Waals surface area contributed by atoms with Crippen LogP contribution in [0.3, 0.4) is 0 Å². The fourth-order valence-electron chi connectivity index (χ4n) is 2.42. The van der Waals surface area contributed by atoms with Crippen LogP contribution in [0.4, 0.5) is 10.1 Å². The number of rotatable bonds is 3. The fourth-order valence-corrected chi connectivity index (χ4v) is 2.59. The summed E-state index contributed by atoms with van der Waals surface area (Å²) in [4.78, 5) is 0.0983. The maximum atomic E-state index is 13.7. The van der Waals surface area contributed by atoms with Gasteiger partial charge in [-0.15, -0.1) is 0 Å². The van der Waals surface area contributed by atoms with E-state index in [0.29, 0.717) is 5.56 Å². The average Bonchev–Trinajstić information content (AvgIpc) is 2.64. The maximum absolute atomic E-state index is 13.7. The van der Waals surface area contributed by atoms with Gasteiger partial charge in [0.05, 0.1) is 0 Å². The summed E-state index contributed by atoms with van der Waals surface area (Å²) in [5.41, 5.74) is 6.63. The van der Waals surface area contributed by atoms with Crippen LogP contribution in [0.1, 0.15) is 38.2 Å². The minimum Gasteiger partial charge on any atom is -0.389 e. The van der Waals surface area contributed by atoms with E-state index in [-0.39, 0.29) is 16.3 Å². The summed E-state index contributed by atoms with van der Waals surface area (Å²) < 4.78 is 13.7. The summed E-state index contributed by atoms with van der Waals surface area (Å²) in [7, 11) is 0. The molecule has 1 fully saturated rings. The third kappa shape index (κ3) is 2.75. The van der Waals surface area contributed by atoms with E-state index in [1.54, 1.807) is 6.07 Å². The molecule has 1 aromatic carbocycles. The molecule has 0 spiro atoms. The van der Waals surface area contributed by atoms with Crippen molar-refractivity contribution in [3.63, 3.8) is 0 Å². The number of nitrogens with one attached hydrogen (secondary N) is 1. The van der Waals surface area contributed by atoms with E-state index in [4.69, 9.17) is 18.0 Å². The molecule has 3 N–H and O–H groups in total. The van der Waals surface area contributed by atoms with Gasteiger partial charge in [-0.25, -0.2) is 4.39 Å². The van der Waals surface area contributed by atoms with Crippen molar-refractivity contribution in [1.82, 2.24) is 0 Å². The van der Waals surface area contributed by atoms with Gasteiger partial charge in [0.25, 0.3) is 0 Å². The molecule has 0 saturated heterocycles. The monoisotopic (exact) mass is 252 g/mol. The Balaban J connectivity index is 2.17. The number of thiocarbonyl (C=S) groups is 1. The molecule has 1 saturated carbocycles. The van der Waals surface area contributed by atoms with E-state index >= 15 is 0 Å². The Morgan fingerprint density at radius 2 is 2.06 bits per heavy atom. The molecule has 0 atom stereocenters. The van der Waals surface area contributed by atoms with Crippen LogP contribution in [0, 0.1) is 5.82 Å². The summed E-state index contributed by atoms with van der Waals surface area (Å²) >= 11 is 4.78. The van der Waals surface area contributed by atoms with Crippen molar-refractivity contribution < 1.29 is 4.39 Å². The lowest BCUT2D eigenvalue weighted by Gasteiger charge is -2.26. The number of nitrogens with two attached hydrogens (primary N) is 1. The van der Waals surface area contributed by atoms with E-state index in [2.05, 4.69) is 12.2 Å². The highest BCUT2D eigenvalue weighted by Gasteiger charge is 2.28. The Kier molecular flexibility index (Phi) is 3.33. The van der Waals surface area contributed by atoms with Gasteiger partial charge in [0.1, 0.15) is 10.8 Å². The molecule has 0 bridgehead atoms. The second-order valence-electron chi connectivity index (χ2n) is 4.95. The number of anilines is 1. The zero-order chi connectivity index (χ0) is 12.5. The molecule has 0 aromatic heterocycles. The van der Waals surface area contributed by atoms with Crippen molar-refractivity contribution in [1.29, 1.82) is 0 Å². The molecule has 1 aliphatic carbocycles. The van der Waals surface area contributed by atoms with E-state index in [0.717, 1.165) is 18.5 Å². The van der Waals surface area contributed by atoms with Crippen molar-refractivity contribution in [2.75, 3.05) is 5.32 Å². The van der Waals surface area contributed by atoms with Crippen LogP contribution >= 0.6 is 12.2 Å². The smallest absolute Gasteiger partial charge is 0.135 e. The van der Waals surface area contributed by atoms with Crippen LogP contribution in [0.2, 0.25) is 0 Å². The molecular weight excluding hydrogens is 235 g/mol. The predicted octanol–water partition coefficient (Wildman–Crippen LogP) is 3.20. The van der Waals surface area contributed by atoms with E-state index in [1.807, 2.05) is 6.07 Å². The number of halogens is 1. The number of hydrogen-bond acceptors (Lipinski definition) is 2. The maximum Gasteiger partial charge on any atom is 0.135 e. The zero-order valence-electron chi connectivity index (χ0n) is 9.92. The molecule has 0 aliphatic heterocycles. The van der Waals surface area contributed by atoms with Crippen LogP contribution in [-0.2, 0) is 0 Å². The molecule has 1 aliphatic rings. The highest BCUT2D eigenvalue weighted by Crippen LogP contribution is 2.32. The van der Waals surface area contributed by atoms with Gasteiger partial charge in [0.2, 0.25) is 0 Å². The lowest BCUT2D eigenvalue weighted by atomic mass is 10.00. The second kappa shape index (κ2) is 4.61. The van der Waals surface area contributed by atoms with Gasteiger partial charge in [-0.1, -0.05) is 25.1 Å². The zero-order valence-corrected chi connectivity index (χ0v) is 10.7. The van der Waals surface area contributed by atoms with Gasteiger partial charge in [-0.2, -0.15) is 0 Å². The largest absolute Gasteiger partial charge is 0.389 e. The topological polar surface area (TPSA) is 38.0 Å². The Labute approximate surface area is 106 Å². The van der Waals surface area contributed by atoms with Crippen molar-refractivity contribution in [3.05, 3.63) is 29.6 Å². The number of benzene rings is 1. The van der Waals surface area contributed by atoms with Crippen LogP contribution in [0.5, 0.6) is 0 Å². The summed E-state index contributed by atoms with van der Waals surface area (Å²) in [5.74, 6) is -0.357. The van der Waals surface area contributed by atoms with Crippen molar-refractivity contribution >= 4 is 22.9 Å². The molecule has 0 amide bonds. The molecule has 2 nitrogen and oxygen atoms in total. The lowest BCUT2D eigenvalue weighted by molar-refractivity contribution is 0.532. The third-order valence-electron chi connectivity index (χ3n) is 3.39. The van der Waals surface area contributed by atoms with Crippen molar-refractivity contribution in [3.8, 4) is 0 Å². The average molecular weight is 252 g/mol. The SMILES string of the molecule is CC1(Nc2ccc(C(N)=S)c(F)c2)CCCC1. The van der Waals surface area contributed by atoms with Gasteiger partial charge in [0, 0.05) is 16.8 Å². The first-order valence-electron chi connectivity index (χ1n) is 5.88. The molecular formula is C13H17FN2S. The summed E-state index contributed by atoms with van der Waals surface area (Å²) in [6.07, 6.45) is 4.73. The summed E-state index contributed by atoms with van der Waals surface area (Å²) in [6.45, 7) is 2.18. The van der Waals surface area contributed by atoms with E-state index in [9.17, 15) is 4.39 Å². The minimum atomic E-state index is -0.357. The molecule has 92 valence electrons. The highest BCUT2D eigenvalue weighted by atomic mass is 32.1. The van der Waals surface area contributed by atoms with Gasteiger partial charge in [0.15, 0.2) is 0 Å². The van der Waals surface area contributed by atoms with Gasteiger partial charge >= 0.3 is 0 Å². The fraction of sp³-hybridized carbons (Fsp3) is 0.462. The normalized spacial score (nSPS) is 18.0. The van der Waals surface area contributed by atoms with Gasteiger partial charge in [-0.3, -0.25) is 0 Å². The first-order chi connectivity index (χ1) is 8.00. The van der Waals surface area contributed by atoms with Crippen LogP contribution in [0.15, 0.2) is 18.2 Å². The number of hydrogen-bond donors (Lipinski definition) is 2. The quantitative estimate of drug-likeness (QED) is 0.811. The minimum absolute atomic E-state index is 0.0944. The van der Waals surface area contributed by atoms with E-state index in [1.165, 1.54) is 18.9 Å². The predicted molar refractivity (Wildman–Crippen MR) is 72.8 cm³/mol. The van der Waals surface area contributed by atoms with Crippen molar-refractivity contribution in [2.45, 2.75) is 38.1 Å². The molecule has 2 rings (SSSR count). The summed E-state index contributed by atoms with van der Waals surface area (Å²) in [6, 6.07) is 4.94. The standard InChI is InChI=1S/C13H17FN2S/c1-13(6-2-3-7-13)16-9-4-5-10(12(15)17)11(14)8-9/h4-5,8,16H,2-3,6-7H2,1H3,(H2,15,17). The Bertz CT molecular complexity index is 439. The Morgan fingerprint density at radius 3 is 2.59 bits per heavy atom. The second-order valence-corrected chi connectivity index (χ2v) is 5.39. The molecule has 4 heteroatoms. The molecule has 0 radical (unpaired) electrons. The molecule has 0 heterocycles. The van der Waals surface area contributed by atoms with Gasteiger partial charge in [-0.05, 0) is 38.0 Å². The Hall–Kier alpha value is -1.16. The Morgan fingerprint density at radius 1 is 1.41 bits per heavy atom. The first-order valence-corrected chi connectivity index (χ1v) is 6.29. The van der Waals surface area contributed by atoms with Crippen LogP contribution < -0.4 is 11.1 Å². The van der Waals surface area contributed by atoms with Crippen LogP contribution in [-0.4, -0.2) is 10.5 Å². The molecule has 1 aromatic rings. The molecule has 0 unspecified atom stereocenters. The van der Waals surface area contributed by atoms with E-state index < -0.39 is 0 Å². The summed E-state index contributed by atoms with van der Waals surface area (Å²) in [5, 5.41) is 3.40. The van der Waals surface area contributed by atoms with Gasteiger partial charge < -0.3 is 11.1 Å². The van der Waals surface area contributed by atoms with Crippen LogP contribution in [0.25, 0.3) is 0 Å².